The topological polar surface area (TPSA) is 92.8 Å². The Morgan fingerprint density at radius 2 is 1.84 bits per heavy atom. The summed E-state index contributed by atoms with van der Waals surface area (Å²) in [6.45, 7) is 0.215. The lowest BCUT2D eigenvalue weighted by molar-refractivity contribution is -0.120. The van der Waals surface area contributed by atoms with E-state index in [1.165, 1.54) is 29.2 Å². The highest BCUT2D eigenvalue weighted by Gasteiger charge is 2.24. The molecule has 1 N–H and O–H groups in total. The minimum atomic E-state index is -5.07. The van der Waals surface area contributed by atoms with E-state index in [-0.39, 0.29) is 24.6 Å². The average Bonchev–Trinajstić information content (AvgIpc) is 2.28. The molecule has 0 spiro atoms. The molecule has 1 aromatic carbocycles. The van der Waals surface area contributed by atoms with Crippen LogP contribution in [0.1, 0.15) is 6.42 Å². The number of carbonyl (C=O) groups excluding carboxylic acids is 2. The second-order valence-electron chi connectivity index (χ2n) is 3.73. The van der Waals surface area contributed by atoms with Gasteiger partial charge in [0.05, 0.1) is 0 Å². The summed E-state index contributed by atoms with van der Waals surface area (Å²) in [7, 11) is -5.07. The van der Waals surface area contributed by atoms with E-state index in [0.717, 1.165) is 0 Å². The lowest BCUT2D eigenvalue weighted by atomic mass is 10.2. The summed E-state index contributed by atoms with van der Waals surface area (Å²) >= 11 is 0. The van der Waals surface area contributed by atoms with Crippen LogP contribution in [0.4, 0.5) is 14.4 Å². The summed E-state index contributed by atoms with van der Waals surface area (Å²) in [6, 6.07) is 4.61. The number of nitrogens with one attached hydrogen (secondary N) is 1. The van der Waals surface area contributed by atoms with E-state index in [1.54, 1.807) is 0 Å². The Balaban J connectivity index is 2.14. The number of amides is 3. The highest BCUT2D eigenvalue weighted by atomic mass is 32.3. The molecule has 0 aliphatic carbocycles. The number of rotatable bonds is 3. The molecule has 1 aliphatic heterocycles. The summed E-state index contributed by atoms with van der Waals surface area (Å²) < 4.78 is 36.8. The summed E-state index contributed by atoms with van der Waals surface area (Å²) in [5.74, 6) is -0.565. The summed E-state index contributed by atoms with van der Waals surface area (Å²) in [6.07, 6.45) is 0.169. The number of imide groups is 1. The van der Waals surface area contributed by atoms with Crippen LogP contribution in [-0.2, 0) is 15.3 Å². The van der Waals surface area contributed by atoms with Gasteiger partial charge in [0.15, 0.2) is 0 Å². The Bertz CT molecular complexity index is 613. The molecule has 0 saturated carbocycles. The molecular weight excluding hydrogens is 279 g/mol. The van der Waals surface area contributed by atoms with Crippen molar-refractivity contribution in [3.8, 4) is 5.75 Å². The van der Waals surface area contributed by atoms with Gasteiger partial charge in [-0.3, -0.25) is 15.0 Å². The van der Waals surface area contributed by atoms with Crippen molar-refractivity contribution >= 4 is 28.1 Å². The van der Waals surface area contributed by atoms with Crippen LogP contribution in [0, 0.1) is 0 Å². The molecule has 0 atom stereocenters. The largest absolute Gasteiger partial charge is 0.488 e. The number of carbonyl (C=O) groups is 2. The van der Waals surface area contributed by atoms with Gasteiger partial charge in [0.1, 0.15) is 5.75 Å². The maximum Gasteiger partial charge on any atom is 0.488 e. The lowest BCUT2D eigenvalue weighted by Crippen LogP contribution is -2.49. The van der Waals surface area contributed by atoms with Gasteiger partial charge in [-0.25, -0.2) is 4.79 Å². The first-order valence-electron chi connectivity index (χ1n) is 5.21. The van der Waals surface area contributed by atoms with Crippen molar-refractivity contribution in [2.75, 3.05) is 11.4 Å². The maximum atomic E-state index is 12.3. The van der Waals surface area contributed by atoms with Crippen LogP contribution in [0.3, 0.4) is 0 Å². The zero-order valence-electron chi connectivity index (χ0n) is 9.50. The van der Waals surface area contributed by atoms with Crippen molar-refractivity contribution in [1.82, 2.24) is 5.32 Å². The molecule has 2 rings (SSSR count). The number of hydrogen-bond acceptors (Lipinski definition) is 5. The first-order valence-corrected chi connectivity index (χ1v) is 6.51. The van der Waals surface area contributed by atoms with E-state index in [9.17, 15) is 21.9 Å². The third-order valence-electron chi connectivity index (χ3n) is 2.40. The van der Waals surface area contributed by atoms with Gasteiger partial charge < -0.3 is 4.18 Å². The summed E-state index contributed by atoms with van der Waals surface area (Å²) in [4.78, 5) is 23.8. The van der Waals surface area contributed by atoms with Gasteiger partial charge in [-0.15, -0.1) is 0 Å². The number of urea groups is 1. The Morgan fingerprint density at radius 3 is 2.37 bits per heavy atom. The monoisotopic (exact) mass is 288 g/mol. The first-order chi connectivity index (χ1) is 8.85. The van der Waals surface area contributed by atoms with Gasteiger partial charge >= 0.3 is 16.5 Å². The van der Waals surface area contributed by atoms with Crippen molar-refractivity contribution in [2.24, 2.45) is 0 Å². The van der Waals surface area contributed by atoms with Gasteiger partial charge in [0.25, 0.3) is 0 Å². The molecule has 3 amide bonds. The van der Waals surface area contributed by atoms with Crippen molar-refractivity contribution in [1.29, 1.82) is 0 Å². The van der Waals surface area contributed by atoms with Crippen molar-refractivity contribution in [3.63, 3.8) is 0 Å². The van der Waals surface area contributed by atoms with E-state index >= 15 is 0 Å². The predicted octanol–water partition coefficient (Wildman–Crippen LogP) is 0.726. The van der Waals surface area contributed by atoms with Crippen LogP contribution < -0.4 is 14.4 Å². The fraction of sp³-hybridized carbons (Fsp3) is 0.200. The van der Waals surface area contributed by atoms with E-state index in [4.69, 9.17) is 0 Å². The Morgan fingerprint density at radius 1 is 1.21 bits per heavy atom. The maximum absolute atomic E-state index is 12.3. The van der Waals surface area contributed by atoms with Crippen molar-refractivity contribution in [2.45, 2.75) is 6.42 Å². The second kappa shape index (κ2) is 4.84. The van der Waals surface area contributed by atoms with Gasteiger partial charge in [0.2, 0.25) is 5.91 Å². The van der Waals surface area contributed by atoms with Crippen LogP contribution in [0.25, 0.3) is 0 Å². The van der Waals surface area contributed by atoms with Gasteiger partial charge in [0, 0.05) is 18.7 Å². The molecule has 1 fully saturated rings. The molecule has 1 heterocycles. The molecule has 9 heteroatoms. The van der Waals surface area contributed by atoms with Crippen LogP contribution in [0.2, 0.25) is 0 Å². The fourth-order valence-corrected chi connectivity index (χ4v) is 1.95. The third kappa shape index (κ3) is 3.41. The Kier molecular flexibility index (Phi) is 3.38. The molecule has 1 aromatic rings. The normalized spacial score (nSPS) is 16.2. The summed E-state index contributed by atoms with van der Waals surface area (Å²) in [5, 5.41) is 2.14. The third-order valence-corrected chi connectivity index (χ3v) is 2.79. The van der Waals surface area contributed by atoms with E-state index < -0.39 is 16.5 Å². The minimum Gasteiger partial charge on any atom is -0.358 e. The predicted molar refractivity (Wildman–Crippen MR) is 62.6 cm³/mol. The number of benzene rings is 1. The quantitative estimate of drug-likeness (QED) is 0.827. The number of anilines is 1. The molecule has 7 nitrogen and oxygen atoms in total. The highest BCUT2D eigenvalue weighted by Crippen LogP contribution is 2.22. The van der Waals surface area contributed by atoms with Crippen LogP contribution in [0.5, 0.6) is 5.75 Å². The van der Waals surface area contributed by atoms with Crippen molar-refractivity contribution < 1.29 is 26.1 Å². The first kappa shape index (κ1) is 13.3. The lowest BCUT2D eigenvalue weighted by Gasteiger charge is -2.26. The molecular formula is C10H9FN2O5S. The standard InChI is InChI=1S/C10H9FN2O5S/c11-19(16,17)18-8-3-1-7(2-4-8)13-6-5-9(14)12-10(13)15/h1-4H,5-6H2,(H,12,14,15). The molecule has 0 bridgehead atoms. The number of nitrogens with zero attached hydrogens (tertiary/aromatic N) is 1. The van der Waals surface area contributed by atoms with Crippen LogP contribution in [0.15, 0.2) is 24.3 Å². The SMILES string of the molecule is O=C1CCN(c2ccc(OS(=O)(=O)F)cc2)C(=O)N1. The van der Waals surface area contributed by atoms with Crippen molar-refractivity contribution in [3.05, 3.63) is 24.3 Å². The molecule has 0 aromatic heterocycles. The molecule has 0 unspecified atom stereocenters. The Labute approximate surface area is 108 Å². The van der Waals surface area contributed by atoms with Gasteiger partial charge in [-0.2, -0.15) is 8.42 Å². The van der Waals surface area contributed by atoms with E-state index in [1.807, 2.05) is 0 Å². The minimum absolute atomic E-state index is 0.169. The molecule has 1 aliphatic rings. The fourth-order valence-electron chi connectivity index (χ4n) is 1.61. The van der Waals surface area contributed by atoms with Crippen LogP contribution >= 0.6 is 0 Å². The molecule has 1 saturated heterocycles. The zero-order valence-corrected chi connectivity index (χ0v) is 10.3. The van der Waals surface area contributed by atoms with E-state index in [0.29, 0.717) is 5.69 Å². The number of hydrogen-bond donors (Lipinski definition) is 1. The highest BCUT2D eigenvalue weighted by molar-refractivity contribution is 7.81. The average molecular weight is 288 g/mol. The smallest absolute Gasteiger partial charge is 0.358 e. The second-order valence-corrected chi connectivity index (χ2v) is 4.68. The molecule has 0 radical (unpaired) electrons. The Hall–Kier alpha value is -2.16. The van der Waals surface area contributed by atoms with Gasteiger partial charge in [-0.05, 0) is 24.3 Å². The molecule has 19 heavy (non-hydrogen) atoms. The summed E-state index contributed by atoms with van der Waals surface area (Å²) in [5.41, 5.74) is 0.439. The van der Waals surface area contributed by atoms with E-state index in [2.05, 4.69) is 9.50 Å². The van der Waals surface area contributed by atoms with Gasteiger partial charge in [-0.1, -0.05) is 3.89 Å². The number of halogens is 1. The zero-order chi connectivity index (χ0) is 14.0. The van der Waals surface area contributed by atoms with Crippen LogP contribution in [-0.4, -0.2) is 26.9 Å². The molecule has 102 valence electrons.